The summed E-state index contributed by atoms with van der Waals surface area (Å²) in [6.07, 6.45) is 2.70. The Hall–Kier alpha value is -0.580. The summed E-state index contributed by atoms with van der Waals surface area (Å²) in [5.74, 6) is -0.199. The Balaban J connectivity index is 2.24. The normalized spacial score (nSPS) is 22.2. The fourth-order valence-corrected chi connectivity index (χ4v) is 1.50. The Morgan fingerprint density at radius 1 is 1.33 bits per heavy atom. The third-order valence-electron chi connectivity index (χ3n) is 1.73. The molecule has 12 heavy (non-hydrogen) atoms. The van der Waals surface area contributed by atoms with Crippen molar-refractivity contribution in [2.75, 3.05) is 5.33 Å². The Labute approximate surface area is 79.2 Å². The molecule has 0 aromatic rings. The highest BCUT2D eigenvalue weighted by molar-refractivity contribution is 9.09. The molecule has 4 nitrogen and oxygen atoms in total. The smallest absolute Gasteiger partial charge is 0.322 e. The van der Waals surface area contributed by atoms with Crippen LogP contribution in [0.1, 0.15) is 19.3 Å². The summed E-state index contributed by atoms with van der Waals surface area (Å²) in [7, 11) is 0. The zero-order valence-electron chi connectivity index (χ0n) is 6.60. The first-order valence-electron chi connectivity index (χ1n) is 3.91. The van der Waals surface area contributed by atoms with Crippen LogP contribution in [0, 0.1) is 0 Å². The first-order chi connectivity index (χ1) is 5.74. The van der Waals surface area contributed by atoms with E-state index in [4.69, 9.17) is 0 Å². The first kappa shape index (κ1) is 9.51. The van der Waals surface area contributed by atoms with Gasteiger partial charge in [-0.3, -0.25) is 10.1 Å². The molecule has 1 saturated heterocycles. The Bertz CT molecular complexity index is 196. The van der Waals surface area contributed by atoms with Gasteiger partial charge in [-0.25, -0.2) is 4.79 Å². The maximum absolute atomic E-state index is 11.0. The molecule has 1 fully saturated rings. The van der Waals surface area contributed by atoms with Gasteiger partial charge in [0.2, 0.25) is 0 Å². The number of rotatable bonds is 4. The van der Waals surface area contributed by atoms with Crippen molar-refractivity contribution in [3.63, 3.8) is 0 Å². The first-order valence-corrected chi connectivity index (χ1v) is 5.03. The lowest BCUT2D eigenvalue weighted by molar-refractivity contribution is -0.120. The van der Waals surface area contributed by atoms with Gasteiger partial charge in [0.15, 0.2) is 0 Å². The number of nitrogens with one attached hydrogen (secondary N) is 2. The molecule has 0 aromatic heterocycles. The fourth-order valence-electron chi connectivity index (χ4n) is 1.11. The van der Waals surface area contributed by atoms with E-state index in [0.29, 0.717) is 0 Å². The predicted molar refractivity (Wildman–Crippen MR) is 48.1 cm³/mol. The van der Waals surface area contributed by atoms with Gasteiger partial charge in [0.05, 0.1) is 0 Å². The molecule has 2 N–H and O–H groups in total. The van der Waals surface area contributed by atoms with Crippen LogP contribution in [-0.4, -0.2) is 23.3 Å². The molecule has 0 unspecified atom stereocenters. The molecule has 1 aliphatic rings. The number of alkyl halides is 1. The van der Waals surface area contributed by atoms with Gasteiger partial charge < -0.3 is 5.32 Å². The highest BCUT2D eigenvalue weighted by Gasteiger charge is 2.28. The van der Waals surface area contributed by atoms with Crippen molar-refractivity contribution in [1.29, 1.82) is 0 Å². The maximum Gasteiger partial charge on any atom is 0.322 e. The minimum absolute atomic E-state index is 0.199. The highest BCUT2D eigenvalue weighted by Crippen LogP contribution is 2.05. The standard InChI is InChI=1S/C7H11BrN2O2/c8-4-2-1-3-5-6(11)10-7(12)9-5/h5H,1-4H2,(H2,9,10,11,12)/t5-/m0/s1. The largest absolute Gasteiger partial charge is 0.326 e. The van der Waals surface area contributed by atoms with E-state index in [0.717, 1.165) is 24.6 Å². The lowest BCUT2D eigenvalue weighted by Crippen LogP contribution is -2.28. The monoisotopic (exact) mass is 234 g/mol. The van der Waals surface area contributed by atoms with E-state index in [1.807, 2.05) is 0 Å². The molecule has 0 aromatic carbocycles. The minimum atomic E-state index is -0.371. The van der Waals surface area contributed by atoms with Gasteiger partial charge in [0.1, 0.15) is 6.04 Å². The average Bonchev–Trinajstić information content (AvgIpc) is 2.31. The Kier molecular flexibility index (Phi) is 3.52. The van der Waals surface area contributed by atoms with E-state index in [1.54, 1.807) is 0 Å². The van der Waals surface area contributed by atoms with E-state index >= 15 is 0 Å². The van der Waals surface area contributed by atoms with Crippen molar-refractivity contribution < 1.29 is 9.59 Å². The summed E-state index contributed by atoms with van der Waals surface area (Å²) in [6, 6.07) is -0.680. The molecule has 1 atom stereocenters. The van der Waals surface area contributed by atoms with Gasteiger partial charge in [0.25, 0.3) is 5.91 Å². The molecule has 0 saturated carbocycles. The molecule has 68 valence electrons. The Morgan fingerprint density at radius 2 is 2.08 bits per heavy atom. The molecule has 1 heterocycles. The average molecular weight is 235 g/mol. The second-order valence-corrected chi connectivity index (χ2v) is 3.49. The molecule has 0 aliphatic carbocycles. The van der Waals surface area contributed by atoms with Crippen molar-refractivity contribution in [3.8, 4) is 0 Å². The van der Waals surface area contributed by atoms with Gasteiger partial charge in [-0.05, 0) is 12.8 Å². The number of carbonyl (C=O) groups excluding carboxylic acids is 2. The summed E-state index contributed by atoms with van der Waals surface area (Å²) in [6.45, 7) is 0. The molecule has 5 heteroatoms. The second kappa shape index (κ2) is 4.45. The molecule has 3 amide bonds. The van der Waals surface area contributed by atoms with Crippen molar-refractivity contribution in [2.45, 2.75) is 25.3 Å². The van der Waals surface area contributed by atoms with Crippen LogP contribution in [0.25, 0.3) is 0 Å². The minimum Gasteiger partial charge on any atom is -0.326 e. The van der Waals surface area contributed by atoms with Crippen molar-refractivity contribution in [3.05, 3.63) is 0 Å². The molecule has 0 spiro atoms. The fraction of sp³-hybridized carbons (Fsp3) is 0.714. The summed E-state index contributed by atoms with van der Waals surface area (Å²) >= 11 is 3.30. The number of halogens is 1. The molecular weight excluding hydrogens is 224 g/mol. The number of carbonyl (C=O) groups is 2. The number of hydrogen-bond donors (Lipinski definition) is 2. The number of imide groups is 1. The quantitative estimate of drug-likeness (QED) is 0.429. The summed E-state index contributed by atoms with van der Waals surface area (Å²) in [5.41, 5.74) is 0. The number of hydrogen-bond acceptors (Lipinski definition) is 2. The second-order valence-electron chi connectivity index (χ2n) is 2.70. The lowest BCUT2D eigenvalue weighted by Gasteiger charge is -2.04. The Morgan fingerprint density at radius 3 is 2.58 bits per heavy atom. The van der Waals surface area contributed by atoms with E-state index in [9.17, 15) is 9.59 Å². The van der Waals surface area contributed by atoms with Crippen LogP contribution in [0.3, 0.4) is 0 Å². The summed E-state index contributed by atoms with van der Waals surface area (Å²) < 4.78 is 0. The van der Waals surface area contributed by atoms with E-state index in [2.05, 4.69) is 26.6 Å². The van der Waals surface area contributed by atoms with Gasteiger partial charge >= 0.3 is 6.03 Å². The lowest BCUT2D eigenvalue weighted by atomic mass is 10.1. The van der Waals surface area contributed by atoms with Crippen molar-refractivity contribution >= 4 is 27.9 Å². The molecule has 0 bridgehead atoms. The number of unbranched alkanes of at least 4 members (excludes halogenated alkanes) is 1. The molecule has 1 aliphatic heterocycles. The van der Waals surface area contributed by atoms with E-state index in [-0.39, 0.29) is 18.0 Å². The number of amides is 3. The predicted octanol–water partition coefficient (Wildman–Crippen LogP) is 0.760. The number of urea groups is 1. The summed E-state index contributed by atoms with van der Waals surface area (Å²) in [5, 5.41) is 5.68. The van der Waals surface area contributed by atoms with Crippen LogP contribution in [-0.2, 0) is 4.79 Å². The third kappa shape index (κ3) is 2.48. The zero-order valence-corrected chi connectivity index (χ0v) is 8.19. The zero-order chi connectivity index (χ0) is 8.97. The van der Waals surface area contributed by atoms with Gasteiger partial charge in [-0.1, -0.05) is 22.4 Å². The van der Waals surface area contributed by atoms with Crippen molar-refractivity contribution in [2.24, 2.45) is 0 Å². The third-order valence-corrected chi connectivity index (χ3v) is 2.30. The van der Waals surface area contributed by atoms with E-state index < -0.39 is 0 Å². The van der Waals surface area contributed by atoms with Crippen LogP contribution in [0.4, 0.5) is 4.79 Å². The van der Waals surface area contributed by atoms with Gasteiger partial charge in [-0.2, -0.15) is 0 Å². The van der Waals surface area contributed by atoms with E-state index in [1.165, 1.54) is 0 Å². The van der Waals surface area contributed by atoms with Gasteiger partial charge in [0, 0.05) is 5.33 Å². The molecule has 1 rings (SSSR count). The van der Waals surface area contributed by atoms with Crippen molar-refractivity contribution in [1.82, 2.24) is 10.6 Å². The topological polar surface area (TPSA) is 58.2 Å². The molecular formula is C7H11BrN2O2. The van der Waals surface area contributed by atoms with Crippen LogP contribution in [0.5, 0.6) is 0 Å². The van der Waals surface area contributed by atoms with Crippen LogP contribution in [0.2, 0.25) is 0 Å². The van der Waals surface area contributed by atoms with Crippen LogP contribution in [0.15, 0.2) is 0 Å². The SMILES string of the molecule is O=C1NC(=O)[C@H](CCCCBr)N1. The van der Waals surface area contributed by atoms with Gasteiger partial charge in [-0.15, -0.1) is 0 Å². The molecule has 0 radical (unpaired) electrons. The maximum atomic E-state index is 11.0. The van der Waals surface area contributed by atoms with Crippen LogP contribution < -0.4 is 10.6 Å². The van der Waals surface area contributed by atoms with Crippen LogP contribution >= 0.6 is 15.9 Å². The summed E-state index contributed by atoms with van der Waals surface area (Å²) in [4.78, 5) is 21.6. The highest BCUT2D eigenvalue weighted by atomic mass is 79.9.